The number of fused-ring (bicyclic) bond motifs is 5. The molecule has 0 heterocycles. The van der Waals surface area contributed by atoms with Crippen LogP contribution in [-0.4, -0.2) is 18.7 Å². The Balaban J connectivity index is 0.00000231. The minimum atomic E-state index is -0.200. The van der Waals surface area contributed by atoms with Crippen molar-refractivity contribution in [2.75, 3.05) is 6.61 Å². The molecular weight excluding hydrogens is 504 g/mol. The Kier molecular flexibility index (Phi) is 11.3. The number of allylic oxidation sites excluding steroid dienone is 1. The van der Waals surface area contributed by atoms with Crippen molar-refractivity contribution in [2.24, 2.45) is 46.3 Å². The number of benzene rings is 1. The summed E-state index contributed by atoms with van der Waals surface area (Å²) in [6.07, 6.45) is 16.8. The number of ether oxygens (including phenoxy) is 2. The van der Waals surface area contributed by atoms with E-state index in [1.807, 2.05) is 31.2 Å². The predicted octanol–water partition coefficient (Wildman–Crippen LogP) is 10.9. The first-order valence-corrected chi connectivity index (χ1v) is 16.3. The largest absolute Gasteiger partial charge is 0.494 e. The van der Waals surface area contributed by atoms with E-state index in [2.05, 4.69) is 40.7 Å². The summed E-state index contributed by atoms with van der Waals surface area (Å²) < 4.78 is 11.6. The third kappa shape index (κ3) is 6.59. The smallest absolute Gasteiger partial charge is 0.338 e. The maximum Gasteiger partial charge on any atom is 0.338 e. The maximum absolute atomic E-state index is 12.9. The molecule has 41 heavy (non-hydrogen) atoms. The maximum atomic E-state index is 12.9. The quantitative estimate of drug-likeness (QED) is 0.220. The second-order valence-electron chi connectivity index (χ2n) is 14.5. The highest BCUT2D eigenvalue weighted by Crippen LogP contribution is 2.67. The Morgan fingerprint density at radius 1 is 0.951 bits per heavy atom. The van der Waals surface area contributed by atoms with Crippen molar-refractivity contribution in [1.82, 2.24) is 0 Å². The number of carbonyl (C=O) groups is 1. The van der Waals surface area contributed by atoms with Crippen molar-refractivity contribution < 1.29 is 14.3 Å². The number of rotatable bonds is 9. The Hall–Kier alpha value is -1.77. The van der Waals surface area contributed by atoms with Crippen LogP contribution in [0, 0.1) is 46.3 Å². The van der Waals surface area contributed by atoms with Gasteiger partial charge >= 0.3 is 5.97 Å². The molecule has 1 aromatic carbocycles. The Morgan fingerprint density at radius 3 is 2.37 bits per heavy atom. The van der Waals surface area contributed by atoms with Gasteiger partial charge in [-0.05, 0) is 122 Å². The molecular formula is C38H62O3. The van der Waals surface area contributed by atoms with E-state index in [4.69, 9.17) is 9.47 Å². The fourth-order valence-electron chi connectivity index (χ4n) is 9.83. The van der Waals surface area contributed by atoms with Gasteiger partial charge in [0, 0.05) is 6.42 Å². The number of hydrogen-bond donors (Lipinski definition) is 0. The molecule has 3 heteroatoms. The third-order valence-electron chi connectivity index (χ3n) is 11.9. The molecule has 0 saturated heterocycles. The second kappa shape index (κ2) is 13.7. The Bertz CT molecular complexity index is 1020. The van der Waals surface area contributed by atoms with Gasteiger partial charge in [-0.25, -0.2) is 4.79 Å². The SMILES string of the molecule is C.C.CCOc1ccc(C(=O)OC2CC[C@@]3(C)C(=CCC4C5CCC(C(C)CCCC(C)C)[C@@]5(C)CCC43)C2)cc1. The first-order valence-electron chi connectivity index (χ1n) is 16.3. The van der Waals surface area contributed by atoms with Crippen LogP contribution in [0.3, 0.4) is 0 Å². The van der Waals surface area contributed by atoms with Gasteiger partial charge in [-0.3, -0.25) is 0 Å². The molecule has 0 aliphatic heterocycles. The monoisotopic (exact) mass is 566 g/mol. The van der Waals surface area contributed by atoms with Gasteiger partial charge in [0.2, 0.25) is 0 Å². The highest BCUT2D eigenvalue weighted by atomic mass is 16.5. The lowest BCUT2D eigenvalue weighted by Crippen LogP contribution is -2.51. The summed E-state index contributed by atoms with van der Waals surface area (Å²) in [7, 11) is 0. The van der Waals surface area contributed by atoms with Crippen molar-refractivity contribution in [3.05, 3.63) is 41.5 Å². The van der Waals surface area contributed by atoms with E-state index in [-0.39, 0.29) is 32.3 Å². The molecule has 232 valence electrons. The lowest BCUT2D eigenvalue weighted by atomic mass is 9.47. The van der Waals surface area contributed by atoms with Gasteiger partial charge in [0.25, 0.3) is 0 Å². The third-order valence-corrected chi connectivity index (χ3v) is 11.9. The average molecular weight is 567 g/mol. The summed E-state index contributed by atoms with van der Waals surface area (Å²) >= 11 is 0. The van der Waals surface area contributed by atoms with Crippen molar-refractivity contribution in [3.63, 3.8) is 0 Å². The standard InChI is InChI=1S/C36H54O3.2CH4/c1-7-38-28-14-11-26(12-15-28)34(37)39-29-19-21-35(5)27(23-29)13-16-30-32-18-17-31(25(4)10-8-9-24(2)3)36(32,6)22-20-33(30)35;;/h11-15,24-25,29-33H,7-10,16-23H2,1-6H3;2*1H4/t25?,29?,30?,31?,32?,33?,35-,36+;;/m0../s1. The van der Waals surface area contributed by atoms with Crippen molar-refractivity contribution >= 4 is 5.97 Å². The molecule has 0 aromatic heterocycles. The van der Waals surface area contributed by atoms with Gasteiger partial charge in [-0.1, -0.05) is 80.4 Å². The fourth-order valence-corrected chi connectivity index (χ4v) is 9.83. The van der Waals surface area contributed by atoms with Gasteiger partial charge in [0.1, 0.15) is 11.9 Å². The predicted molar refractivity (Wildman–Crippen MR) is 173 cm³/mol. The molecule has 0 N–H and O–H groups in total. The summed E-state index contributed by atoms with van der Waals surface area (Å²) in [5.74, 6) is 5.72. The Labute approximate surface area is 253 Å². The minimum absolute atomic E-state index is 0. The lowest BCUT2D eigenvalue weighted by Gasteiger charge is -2.58. The van der Waals surface area contributed by atoms with Crippen LogP contribution in [-0.2, 0) is 4.74 Å². The zero-order chi connectivity index (χ0) is 27.8. The van der Waals surface area contributed by atoms with Crippen LogP contribution in [0.1, 0.15) is 137 Å². The summed E-state index contributed by atoms with van der Waals surface area (Å²) in [5.41, 5.74) is 3.02. The molecule has 5 rings (SSSR count). The molecule has 0 bridgehead atoms. The molecule has 4 aliphatic rings. The molecule has 3 nitrogen and oxygen atoms in total. The molecule has 4 aliphatic carbocycles. The van der Waals surface area contributed by atoms with Crippen molar-refractivity contribution in [1.29, 1.82) is 0 Å². The van der Waals surface area contributed by atoms with Gasteiger partial charge in [-0.15, -0.1) is 0 Å². The van der Waals surface area contributed by atoms with E-state index in [1.165, 1.54) is 51.4 Å². The van der Waals surface area contributed by atoms with E-state index in [9.17, 15) is 4.79 Å². The van der Waals surface area contributed by atoms with Crippen LogP contribution in [0.2, 0.25) is 0 Å². The normalized spacial score (nSPS) is 34.6. The number of esters is 1. The van der Waals surface area contributed by atoms with Crippen LogP contribution in [0.4, 0.5) is 0 Å². The molecule has 6 unspecified atom stereocenters. The molecule has 0 spiro atoms. The lowest BCUT2D eigenvalue weighted by molar-refractivity contribution is -0.0594. The van der Waals surface area contributed by atoms with Crippen LogP contribution in [0.15, 0.2) is 35.9 Å². The van der Waals surface area contributed by atoms with Crippen molar-refractivity contribution in [3.8, 4) is 5.75 Å². The van der Waals surface area contributed by atoms with Crippen LogP contribution in [0.5, 0.6) is 5.75 Å². The van der Waals surface area contributed by atoms with E-state index in [0.29, 0.717) is 17.6 Å². The molecule has 1 aromatic rings. The van der Waals surface area contributed by atoms with Gasteiger partial charge in [-0.2, -0.15) is 0 Å². The summed E-state index contributed by atoms with van der Waals surface area (Å²) in [5, 5.41) is 0. The molecule has 3 fully saturated rings. The van der Waals surface area contributed by atoms with Crippen LogP contribution >= 0.6 is 0 Å². The van der Waals surface area contributed by atoms with Gasteiger partial charge < -0.3 is 9.47 Å². The Morgan fingerprint density at radius 2 is 1.68 bits per heavy atom. The first-order chi connectivity index (χ1) is 18.7. The summed E-state index contributed by atoms with van der Waals surface area (Å²) in [6.45, 7) is 15.1. The average Bonchev–Trinajstić information content (AvgIpc) is 3.26. The highest BCUT2D eigenvalue weighted by Gasteiger charge is 2.59. The highest BCUT2D eigenvalue weighted by molar-refractivity contribution is 5.89. The first kappa shape index (κ1) is 33.7. The van der Waals surface area contributed by atoms with Crippen LogP contribution < -0.4 is 4.74 Å². The van der Waals surface area contributed by atoms with E-state index < -0.39 is 0 Å². The van der Waals surface area contributed by atoms with E-state index >= 15 is 0 Å². The number of carbonyl (C=O) groups excluding carboxylic acids is 1. The number of hydrogen-bond acceptors (Lipinski definition) is 3. The van der Waals surface area contributed by atoms with Crippen molar-refractivity contribution in [2.45, 2.75) is 133 Å². The molecule has 0 radical (unpaired) electrons. The molecule has 3 saturated carbocycles. The van der Waals surface area contributed by atoms with Gasteiger partial charge in [0.15, 0.2) is 0 Å². The zero-order valence-electron chi connectivity index (χ0n) is 25.6. The topological polar surface area (TPSA) is 35.5 Å². The molecule has 8 atom stereocenters. The van der Waals surface area contributed by atoms with Crippen LogP contribution in [0.25, 0.3) is 0 Å². The van der Waals surface area contributed by atoms with E-state index in [1.54, 1.807) is 5.57 Å². The zero-order valence-corrected chi connectivity index (χ0v) is 25.6. The van der Waals surface area contributed by atoms with E-state index in [0.717, 1.165) is 60.5 Å². The second-order valence-corrected chi connectivity index (χ2v) is 14.5. The fraction of sp³-hybridized carbons (Fsp3) is 0.763. The van der Waals surface area contributed by atoms with Gasteiger partial charge in [0.05, 0.1) is 12.2 Å². The summed E-state index contributed by atoms with van der Waals surface area (Å²) in [6, 6.07) is 7.37. The summed E-state index contributed by atoms with van der Waals surface area (Å²) in [4.78, 5) is 12.9. The molecule has 0 amide bonds. The minimum Gasteiger partial charge on any atom is -0.494 e.